The Morgan fingerprint density at radius 3 is 2.30 bits per heavy atom. The molecule has 1 aromatic rings. The zero-order valence-electron chi connectivity index (χ0n) is 12.7. The van der Waals surface area contributed by atoms with E-state index in [0.717, 1.165) is 24.0 Å². The normalized spacial score (nSPS) is 13.7. The molecule has 0 heterocycles. The van der Waals surface area contributed by atoms with Crippen LogP contribution >= 0.6 is 11.6 Å². The molecule has 1 aromatic carbocycles. The highest BCUT2D eigenvalue weighted by molar-refractivity contribution is 6.72. The van der Waals surface area contributed by atoms with Gasteiger partial charge < -0.3 is 4.80 Å². The van der Waals surface area contributed by atoms with Crippen molar-refractivity contribution < 1.29 is 9.19 Å². The van der Waals surface area contributed by atoms with Crippen molar-refractivity contribution in [3.05, 3.63) is 41.7 Å². The topological polar surface area (TPSA) is 20.2 Å². The minimum Gasteiger partial charge on any atom is -0.432 e. The van der Waals surface area contributed by atoms with Crippen molar-refractivity contribution in [3.8, 4) is 0 Å². The van der Waals surface area contributed by atoms with Crippen LogP contribution in [0.2, 0.25) is 18.1 Å². The van der Waals surface area contributed by atoms with Crippen LogP contribution in [0.3, 0.4) is 0 Å². The molecule has 20 heavy (non-hydrogen) atoms. The molecule has 0 spiro atoms. The summed E-state index contributed by atoms with van der Waals surface area (Å²) in [5.74, 6) is 0.204. The number of hydrogen-bond acceptors (Lipinski definition) is 1. The summed E-state index contributed by atoms with van der Waals surface area (Å²) in [6, 6.07) is 6.49. The standard InChI is InChI=1S/C16H24ClFOSi/c1-16(2,20(3,4)19)11-9-14(10-12-17)13-5-7-15(18)8-6-13/h5-8,10,19H,9,11-12H2,1-4H3/b14-10-. The molecular formula is C16H24ClFOSi. The van der Waals surface area contributed by atoms with Gasteiger partial charge in [0, 0.05) is 5.88 Å². The summed E-state index contributed by atoms with van der Waals surface area (Å²) in [4.78, 5) is 10.3. The molecule has 0 unspecified atom stereocenters. The molecule has 0 saturated carbocycles. The first-order valence-corrected chi connectivity index (χ1v) is 10.4. The van der Waals surface area contributed by atoms with Gasteiger partial charge in [-0.25, -0.2) is 4.39 Å². The van der Waals surface area contributed by atoms with Crippen molar-refractivity contribution in [1.82, 2.24) is 0 Å². The zero-order chi connectivity index (χ0) is 15.4. The molecule has 0 fully saturated rings. The Balaban J connectivity index is 2.85. The smallest absolute Gasteiger partial charge is 0.188 e. The Bertz CT molecular complexity index is 460. The molecule has 1 rings (SSSR count). The fourth-order valence-electron chi connectivity index (χ4n) is 1.87. The summed E-state index contributed by atoms with van der Waals surface area (Å²) in [6.45, 7) is 8.16. The maximum atomic E-state index is 13.0. The van der Waals surface area contributed by atoms with Gasteiger partial charge in [-0.3, -0.25) is 0 Å². The van der Waals surface area contributed by atoms with Crippen molar-refractivity contribution in [2.24, 2.45) is 0 Å². The van der Waals surface area contributed by atoms with Gasteiger partial charge in [-0.15, -0.1) is 11.6 Å². The van der Waals surface area contributed by atoms with Gasteiger partial charge in [0.15, 0.2) is 8.32 Å². The van der Waals surface area contributed by atoms with Gasteiger partial charge in [0.2, 0.25) is 0 Å². The van der Waals surface area contributed by atoms with Crippen molar-refractivity contribution in [2.45, 2.75) is 44.8 Å². The predicted octanol–water partition coefficient (Wildman–Crippen LogP) is 5.21. The van der Waals surface area contributed by atoms with E-state index in [0.29, 0.717) is 5.88 Å². The highest BCUT2D eigenvalue weighted by Gasteiger charge is 2.37. The number of benzene rings is 1. The molecule has 0 atom stereocenters. The molecule has 0 saturated heterocycles. The van der Waals surface area contributed by atoms with Crippen molar-refractivity contribution in [3.63, 3.8) is 0 Å². The van der Waals surface area contributed by atoms with Crippen LogP contribution in [0, 0.1) is 5.82 Å². The molecule has 112 valence electrons. The lowest BCUT2D eigenvalue weighted by molar-refractivity contribution is 0.454. The number of allylic oxidation sites excluding steroid dienone is 2. The SMILES string of the molecule is CC(C)(CC/C(=C/CCl)c1ccc(F)cc1)[Si](C)(C)O. The van der Waals surface area contributed by atoms with E-state index in [4.69, 9.17) is 11.6 Å². The molecule has 0 radical (unpaired) electrons. The fourth-order valence-corrected chi connectivity index (χ4v) is 2.80. The van der Waals surface area contributed by atoms with Gasteiger partial charge >= 0.3 is 0 Å². The molecular weight excluding hydrogens is 291 g/mol. The Morgan fingerprint density at radius 1 is 1.30 bits per heavy atom. The zero-order valence-corrected chi connectivity index (χ0v) is 14.5. The summed E-state index contributed by atoms with van der Waals surface area (Å²) >= 11 is 5.83. The average Bonchev–Trinajstić information content (AvgIpc) is 2.34. The number of halogens is 2. The van der Waals surface area contributed by atoms with Crippen molar-refractivity contribution >= 4 is 25.5 Å². The first-order valence-electron chi connectivity index (χ1n) is 6.91. The van der Waals surface area contributed by atoms with Crippen LogP contribution in [0.15, 0.2) is 30.3 Å². The van der Waals surface area contributed by atoms with E-state index in [1.165, 1.54) is 12.1 Å². The predicted molar refractivity (Wildman–Crippen MR) is 88.1 cm³/mol. The summed E-state index contributed by atoms with van der Waals surface area (Å²) in [7, 11) is -2.20. The van der Waals surface area contributed by atoms with E-state index in [9.17, 15) is 9.19 Å². The maximum Gasteiger partial charge on any atom is 0.188 e. The maximum absolute atomic E-state index is 13.0. The summed E-state index contributed by atoms with van der Waals surface area (Å²) in [5.41, 5.74) is 2.12. The van der Waals surface area contributed by atoms with E-state index >= 15 is 0 Å². The molecule has 0 aliphatic heterocycles. The first-order chi connectivity index (χ1) is 9.17. The highest BCUT2D eigenvalue weighted by atomic mass is 35.5. The van der Waals surface area contributed by atoms with Gasteiger partial charge in [-0.2, -0.15) is 0 Å². The fraction of sp³-hybridized carbons (Fsp3) is 0.500. The molecule has 0 bridgehead atoms. The van der Waals surface area contributed by atoms with Crippen molar-refractivity contribution in [1.29, 1.82) is 0 Å². The molecule has 1 nitrogen and oxygen atoms in total. The Hall–Kier alpha value is -0.643. The lowest BCUT2D eigenvalue weighted by Crippen LogP contribution is -2.38. The second-order valence-corrected chi connectivity index (χ2v) is 11.1. The van der Waals surface area contributed by atoms with Gasteiger partial charge in [0.1, 0.15) is 5.82 Å². The van der Waals surface area contributed by atoms with E-state index < -0.39 is 8.32 Å². The van der Waals surface area contributed by atoms with Gasteiger partial charge in [-0.05, 0) is 54.2 Å². The van der Waals surface area contributed by atoms with Crippen LogP contribution in [0.4, 0.5) is 4.39 Å². The molecule has 0 aromatic heterocycles. The molecule has 1 N–H and O–H groups in total. The second kappa shape index (κ2) is 6.88. The minimum absolute atomic E-state index is 0.0710. The van der Waals surface area contributed by atoms with Gasteiger partial charge in [-0.1, -0.05) is 32.1 Å². The highest BCUT2D eigenvalue weighted by Crippen LogP contribution is 2.41. The monoisotopic (exact) mass is 314 g/mol. The number of hydrogen-bond donors (Lipinski definition) is 1. The van der Waals surface area contributed by atoms with E-state index in [1.54, 1.807) is 12.1 Å². The summed E-state index contributed by atoms with van der Waals surface area (Å²) < 4.78 is 13.0. The van der Waals surface area contributed by atoms with Crippen LogP contribution in [0.1, 0.15) is 32.3 Å². The lowest BCUT2D eigenvalue weighted by atomic mass is 9.96. The van der Waals surface area contributed by atoms with Crippen LogP contribution in [0.5, 0.6) is 0 Å². The lowest BCUT2D eigenvalue weighted by Gasteiger charge is -2.35. The average molecular weight is 315 g/mol. The summed E-state index contributed by atoms with van der Waals surface area (Å²) in [6.07, 6.45) is 3.70. The third kappa shape index (κ3) is 4.72. The van der Waals surface area contributed by atoms with E-state index in [-0.39, 0.29) is 10.9 Å². The van der Waals surface area contributed by atoms with Gasteiger partial charge in [0.25, 0.3) is 0 Å². The molecule has 0 aliphatic rings. The van der Waals surface area contributed by atoms with Gasteiger partial charge in [0.05, 0.1) is 0 Å². The third-order valence-corrected chi connectivity index (χ3v) is 7.93. The Kier molecular flexibility index (Phi) is 5.99. The third-order valence-electron chi connectivity index (χ3n) is 4.21. The Labute approximate surface area is 127 Å². The van der Waals surface area contributed by atoms with Crippen LogP contribution in [-0.2, 0) is 0 Å². The molecule has 4 heteroatoms. The van der Waals surface area contributed by atoms with Crippen LogP contribution in [0.25, 0.3) is 5.57 Å². The molecule has 0 aliphatic carbocycles. The minimum atomic E-state index is -2.20. The van der Waals surface area contributed by atoms with Crippen LogP contribution < -0.4 is 0 Å². The number of alkyl halides is 1. The number of rotatable bonds is 6. The van der Waals surface area contributed by atoms with E-state index in [2.05, 4.69) is 13.8 Å². The molecule has 0 amide bonds. The van der Waals surface area contributed by atoms with Crippen LogP contribution in [-0.4, -0.2) is 19.0 Å². The second-order valence-electron chi connectivity index (χ2n) is 6.33. The largest absolute Gasteiger partial charge is 0.432 e. The van der Waals surface area contributed by atoms with E-state index in [1.807, 2.05) is 19.2 Å². The van der Waals surface area contributed by atoms with Crippen molar-refractivity contribution in [2.75, 3.05) is 5.88 Å². The quantitative estimate of drug-likeness (QED) is 0.565. The Morgan fingerprint density at radius 2 is 1.85 bits per heavy atom. The first kappa shape index (κ1) is 17.4. The summed E-state index contributed by atoms with van der Waals surface area (Å²) in [5, 5.41) is -0.0710.